The SMILES string of the molecule is N#Cc1ncccc1Cn1ccc2c(CCN)cccc21. The molecule has 21 heavy (non-hydrogen) atoms. The van der Waals surface area contributed by atoms with Crippen molar-refractivity contribution in [1.29, 1.82) is 5.26 Å². The van der Waals surface area contributed by atoms with E-state index in [0.29, 0.717) is 18.8 Å². The summed E-state index contributed by atoms with van der Waals surface area (Å²) in [6, 6.07) is 14.3. The van der Waals surface area contributed by atoms with Gasteiger partial charge in [-0.3, -0.25) is 0 Å². The van der Waals surface area contributed by atoms with Crippen LogP contribution in [0, 0.1) is 11.3 Å². The fourth-order valence-electron chi connectivity index (χ4n) is 2.65. The minimum absolute atomic E-state index is 0.484. The molecule has 0 saturated carbocycles. The van der Waals surface area contributed by atoms with Crippen molar-refractivity contribution in [2.75, 3.05) is 6.54 Å². The average Bonchev–Trinajstić information content (AvgIpc) is 2.92. The first-order valence-corrected chi connectivity index (χ1v) is 6.94. The van der Waals surface area contributed by atoms with Crippen LogP contribution in [-0.2, 0) is 13.0 Å². The molecule has 2 heterocycles. The molecular weight excluding hydrogens is 260 g/mol. The van der Waals surface area contributed by atoms with Gasteiger partial charge in [-0.25, -0.2) is 4.98 Å². The Hall–Kier alpha value is -2.64. The number of rotatable bonds is 4. The van der Waals surface area contributed by atoms with E-state index in [1.807, 2.05) is 12.1 Å². The van der Waals surface area contributed by atoms with Gasteiger partial charge >= 0.3 is 0 Å². The van der Waals surface area contributed by atoms with Crippen LogP contribution in [-0.4, -0.2) is 16.1 Å². The van der Waals surface area contributed by atoms with Crippen molar-refractivity contribution in [2.24, 2.45) is 5.73 Å². The summed E-state index contributed by atoms with van der Waals surface area (Å²) >= 11 is 0. The lowest BCUT2D eigenvalue weighted by Crippen LogP contribution is -2.04. The van der Waals surface area contributed by atoms with Crippen molar-refractivity contribution in [2.45, 2.75) is 13.0 Å². The van der Waals surface area contributed by atoms with Gasteiger partial charge in [0.15, 0.2) is 0 Å². The van der Waals surface area contributed by atoms with Gasteiger partial charge in [-0.15, -0.1) is 0 Å². The maximum Gasteiger partial charge on any atom is 0.145 e. The highest BCUT2D eigenvalue weighted by Gasteiger charge is 2.08. The van der Waals surface area contributed by atoms with E-state index in [4.69, 9.17) is 11.0 Å². The molecule has 0 saturated heterocycles. The molecule has 0 unspecified atom stereocenters. The molecule has 0 aliphatic heterocycles. The van der Waals surface area contributed by atoms with Crippen LogP contribution < -0.4 is 5.73 Å². The lowest BCUT2D eigenvalue weighted by Gasteiger charge is -2.08. The van der Waals surface area contributed by atoms with Crippen molar-refractivity contribution in [1.82, 2.24) is 9.55 Å². The number of fused-ring (bicyclic) bond motifs is 1. The zero-order valence-corrected chi connectivity index (χ0v) is 11.7. The quantitative estimate of drug-likeness (QED) is 0.796. The van der Waals surface area contributed by atoms with Crippen LogP contribution in [0.5, 0.6) is 0 Å². The summed E-state index contributed by atoms with van der Waals surface area (Å²) in [5.74, 6) is 0. The van der Waals surface area contributed by atoms with Gasteiger partial charge in [0.05, 0.1) is 6.54 Å². The molecule has 0 radical (unpaired) electrons. The highest BCUT2D eigenvalue weighted by Crippen LogP contribution is 2.22. The average molecular weight is 276 g/mol. The molecule has 0 atom stereocenters. The first-order valence-electron chi connectivity index (χ1n) is 6.94. The number of hydrogen-bond acceptors (Lipinski definition) is 3. The highest BCUT2D eigenvalue weighted by atomic mass is 15.0. The fraction of sp³-hybridized carbons (Fsp3) is 0.176. The lowest BCUT2D eigenvalue weighted by molar-refractivity contribution is 0.827. The number of nitrogens with zero attached hydrogens (tertiary/aromatic N) is 3. The molecule has 0 bridgehead atoms. The van der Waals surface area contributed by atoms with E-state index < -0.39 is 0 Å². The third-order valence-electron chi connectivity index (χ3n) is 3.66. The lowest BCUT2D eigenvalue weighted by atomic mass is 10.1. The van der Waals surface area contributed by atoms with Crippen molar-refractivity contribution < 1.29 is 0 Å². The summed E-state index contributed by atoms with van der Waals surface area (Å²) in [6.07, 6.45) is 4.58. The van der Waals surface area contributed by atoms with Gasteiger partial charge in [-0.2, -0.15) is 5.26 Å². The van der Waals surface area contributed by atoms with E-state index in [1.165, 1.54) is 10.9 Å². The number of benzene rings is 1. The van der Waals surface area contributed by atoms with Crippen molar-refractivity contribution in [3.8, 4) is 6.07 Å². The number of hydrogen-bond donors (Lipinski definition) is 1. The maximum absolute atomic E-state index is 9.14. The van der Waals surface area contributed by atoms with E-state index in [-0.39, 0.29) is 0 Å². The Kier molecular flexibility index (Phi) is 3.67. The van der Waals surface area contributed by atoms with Crippen LogP contribution in [0.1, 0.15) is 16.8 Å². The van der Waals surface area contributed by atoms with Gasteiger partial charge in [0.1, 0.15) is 11.8 Å². The van der Waals surface area contributed by atoms with Crippen LogP contribution in [0.25, 0.3) is 10.9 Å². The smallest absolute Gasteiger partial charge is 0.145 e. The zero-order valence-electron chi connectivity index (χ0n) is 11.7. The van der Waals surface area contributed by atoms with E-state index >= 15 is 0 Å². The monoisotopic (exact) mass is 276 g/mol. The van der Waals surface area contributed by atoms with Gasteiger partial charge < -0.3 is 10.3 Å². The predicted molar refractivity (Wildman–Crippen MR) is 82.8 cm³/mol. The summed E-state index contributed by atoms with van der Waals surface area (Å²) in [7, 11) is 0. The van der Waals surface area contributed by atoms with Crippen LogP contribution in [0.2, 0.25) is 0 Å². The van der Waals surface area contributed by atoms with Gasteiger partial charge in [0.25, 0.3) is 0 Å². The van der Waals surface area contributed by atoms with Gasteiger partial charge in [-0.05, 0) is 36.7 Å². The Morgan fingerprint density at radius 3 is 2.81 bits per heavy atom. The normalized spacial score (nSPS) is 10.7. The number of nitriles is 1. The molecular formula is C17H16N4. The van der Waals surface area contributed by atoms with E-state index in [1.54, 1.807) is 6.20 Å². The third kappa shape index (κ3) is 2.51. The summed E-state index contributed by atoms with van der Waals surface area (Å²) in [5, 5.41) is 10.4. The highest BCUT2D eigenvalue weighted by molar-refractivity contribution is 5.83. The minimum atomic E-state index is 0.484. The number of nitrogens with two attached hydrogens (primary N) is 1. The van der Waals surface area contributed by atoms with Crippen molar-refractivity contribution in [3.63, 3.8) is 0 Å². The Bertz CT molecular complexity index is 811. The maximum atomic E-state index is 9.14. The molecule has 0 aliphatic carbocycles. The fourth-order valence-corrected chi connectivity index (χ4v) is 2.65. The second-order valence-electron chi connectivity index (χ2n) is 4.96. The molecule has 0 spiro atoms. The molecule has 4 nitrogen and oxygen atoms in total. The summed E-state index contributed by atoms with van der Waals surface area (Å²) in [4.78, 5) is 4.11. The molecule has 3 rings (SSSR count). The van der Waals surface area contributed by atoms with Gasteiger partial charge in [-0.1, -0.05) is 18.2 Å². The Labute approximate surface area is 123 Å². The van der Waals surface area contributed by atoms with Gasteiger partial charge in [0.2, 0.25) is 0 Å². The molecule has 0 fully saturated rings. The molecule has 3 aromatic rings. The number of aromatic nitrogens is 2. The standard InChI is InChI=1S/C17H16N4/c18-8-6-13-3-1-5-17-15(13)7-10-21(17)12-14-4-2-9-20-16(14)11-19/h1-5,7,9-10H,6,8,12,18H2. The van der Waals surface area contributed by atoms with Gasteiger partial charge in [0, 0.05) is 28.9 Å². The largest absolute Gasteiger partial charge is 0.343 e. The molecule has 104 valence electrons. The van der Waals surface area contributed by atoms with Crippen LogP contribution in [0.3, 0.4) is 0 Å². The van der Waals surface area contributed by atoms with Crippen molar-refractivity contribution in [3.05, 3.63) is 65.6 Å². The predicted octanol–water partition coefficient (Wildman–Crippen LogP) is 2.46. The van der Waals surface area contributed by atoms with Crippen LogP contribution in [0.4, 0.5) is 0 Å². The minimum Gasteiger partial charge on any atom is -0.343 e. The molecule has 1 aromatic carbocycles. The van der Waals surface area contributed by atoms with E-state index in [9.17, 15) is 0 Å². The second kappa shape index (κ2) is 5.78. The number of pyridine rings is 1. The van der Waals surface area contributed by atoms with Crippen molar-refractivity contribution >= 4 is 10.9 Å². The molecule has 2 N–H and O–H groups in total. The molecule has 4 heteroatoms. The summed E-state index contributed by atoms with van der Waals surface area (Å²) in [6.45, 7) is 1.29. The first kappa shape index (κ1) is 13.3. The van der Waals surface area contributed by atoms with E-state index in [0.717, 1.165) is 17.5 Å². The van der Waals surface area contributed by atoms with E-state index in [2.05, 4.69) is 46.1 Å². The molecule has 0 amide bonds. The summed E-state index contributed by atoms with van der Waals surface area (Å²) < 4.78 is 2.15. The zero-order chi connectivity index (χ0) is 14.7. The van der Waals surface area contributed by atoms with Crippen LogP contribution >= 0.6 is 0 Å². The molecule has 0 aliphatic rings. The summed E-state index contributed by atoms with van der Waals surface area (Å²) in [5.41, 5.74) is 9.51. The molecule has 2 aromatic heterocycles. The topological polar surface area (TPSA) is 67.6 Å². The Morgan fingerprint density at radius 2 is 2.00 bits per heavy atom. The van der Waals surface area contributed by atoms with Crippen LogP contribution in [0.15, 0.2) is 48.8 Å². The Morgan fingerprint density at radius 1 is 1.14 bits per heavy atom. The second-order valence-corrected chi connectivity index (χ2v) is 4.96. The first-order chi connectivity index (χ1) is 10.3. The Balaban J connectivity index is 2.02. The third-order valence-corrected chi connectivity index (χ3v) is 3.66.